The molecule has 0 radical (unpaired) electrons. The maximum absolute atomic E-state index is 4.99. The Morgan fingerprint density at radius 3 is 1.38 bits per heavy atom. The molecule has 0 bridgehead atoms. The summed E-state index contributed by atoms with van der Waals surface area (Å²) in [5.74, 6) is 0.700. The zero-order valence-corrected chi connectivity index (χ0v) is 31.5. The van der Waals surface area contributed by atoms with Crippen molar-refractivity contribution in [3.63, 3.8) is 0 Å². The van der Waals surface area contributed by atoms with Crippen LogP contribution < -0.4 is 0 Å². The predicted molar refractivity (Wildman–Crippen MR) is 242 cm³/mol. The lowest BCUT2D eigenvalue weighted by atomic mass is 9.84. The van der Waals surface area contributed by atoms with Gasteiger partial charge in [-0.25, -0.2) is 9.97 Å². The number of pyridine rings is 1. The molecular formula is C55H35N3. The van der Waals surface area contributed by atoms with Crippen LogP contribution in [-0.4, -0.2) is 15.0 Å². The Morgan fingerprint density at radius 2 is 0.741 bits per heavy atom. The highest BCUT2D eigenvalue weighted by Gasteiger charge is 2.18. The summed E-state index contributed by atoms with van der Waals surface area (Å²) in [6, 6.07) is 70.0. The van der Waals surface area contributed by atoms with Crippen LogP contribution in [0.25, 0.3) is 110 Å². The maximum Gasteiger partial charge on any atom is 0.159 e. The summed E-state index contributed by atoms with van der Waals surface area (Å²) in [6.45, 7) is 0. The Balaban J connectivity index is 1.03. The third-order valence-corrected chi connectivity index (χ3v) is 11.4. The van der Waals surface area contributed by atoms with Gasteiger partial charge < -0.3 is 0 Å². The molecule has 3 heteroatoms. The fourth-order valence-corrected chi connectivity index (χ4v) is 8.52. The molecule has 2 aromatic heterocycles. The molecule has 0 aliphatic heterocycles. The SMILES string of the molecule is c1ccc2cc(-c3c4ccccc4c(-c4ccc5ccccc5c4)c4cc(-c5ccc(-c6nccc(-c7ccc(-c8ccncc8)cc7)n6)cc5)ccc34)ccc2c1. The highest BCUT2D eigenvalue weighted by atomic mass is 14.9. The van der Waals surface area contributed by atoms with Crippen molar-refractivity contribution in [2.24, 2.45) is 0 Å². The molecule has 2 heterocycles. The summed E-state index contributed by atoms with van der Waals surface area (Å²) in [5.41, 5.74) is 12.4. The third-order valence-electron chi connectivity index (χ3n) is 11.4. The van der Waals surface area contributed by atoms with Gasteiger partial charge in [0.15, 0.2) is 5.82 Å². The molecule has 0 aliphatic carbocycles. The molecular weight excluding hydrogens is 703 g/mol. The first-order chi connectivity index (χ1) is 28.7. The molecule has 0 fully saturated rings. The molecule has 0 aliphatic rings. The number of rotatable bonds is 6. The molecule has 0 unspecified atom stereocenters. The van der Waals surface area contributed by atoms with Gasteiger partial charge in [0.25, 0.3) is 0 Å². The fourth-order valence-electron chi connectivity index (χ4n) is 8.52. The van der Waals surface area contributed by atoms with Gasteiger partial charge in [-0.2, -0.15) is 0 Å². The smallest absolute Gasteiger partial charge is 0.159 e. The molecule has 0 saturated heterocycles. The van der Waals surface area contributed by atoms with Crippen molar-refractivity contribution in [2.75, 3.05) is 0 Å². The zero-order chi connectivity index (χ0) is 38.4. The second-order valence-electron chi connectivity index (χ2n) is 14.8. The van der Waals surface area contributed by atoms with Crippen molar-refractivity contribution < 1.29 is 0 Å². The van der Waals surface area contributed by atoms with E-state index in [1.54, 1.807) is 0 Å². The first-order valence-corrected chi connectivity index (χ1v) is 19.7. The van der Waals surface area contributed by atoms with Crippen molar-refractivity contribution in [1.29, 1.82) is 0 Å². The van der Waals surface area contributed by atoms with E-state index in [0.717, 1.165) is 39.1 Å². The van der Waals surface area contributed by atoms with Crippen LogP contribution in [0, 0.1) is 0 Å². The van der Waals surface area contributed by atoms with Crippen molar-refractivity contribution in [1.82, 2.24) is 15.0 Å². The third kappa shape index (κ3) is 5.98. The maximum atomic E-state index is 4.99. The summed E-state index contributed by atoms with van der Waals surface area (Å²) < 4.78 is 0. The van der Waals surface area contributed by atoms with Crippen LogP contribution in [0.15, 0.2) is 213 Å². The number of benzene rings is 9. The predicted octanol–water partition coefficient (Wildman–Crippen LogP) is 14.5. The van der Waals surface area contributed by atoms with Crippen molar-refractivity contribution >= 4 is 43.1 Å². The van der Waals surface area contributed by atoms with Gasteiger partial charge in [0.05, 0.1) is 5.69 Å². The van der Waals surface area contributed by atoms with Crippen molar-refractivity contribution in [3.05, 3.63) is 213 Å². The van der Waals surface area contributed by atoms with E-state index in [1.165, 1.54) is 65.3 Å². The van der Waals surface area contributed by atoms with Crippen LogP contribution in [-0.2, 0) is 0 Å². The minimum Gasteiger partial charge on any atom is -0.265 e. The van der Waals surface area contributed by atoms with Crippen LogP contribution in [0.3, 0.4) is 0 Å². The van der Waals surface area contributed by atoms with E-state index in [-0.39, 0.29) is 0 Å². The quantitative estimate of drug-likeness (QED) is 0.160. The normalized spacial score (nSPS) is 11.4. The Kier molecular flexibility index (Phi) is 8.15. The second-order valence-corrected chi connectivity index (χ2v) is 14.8. The second kappa shape index (κ2) is 14.1. The van der Waals surface area contributed by atoms with Gasteiger partial charge >= 0.3 is 0 Å². The van der Waals surface area contributed by atoms with Gasteiger partial charge in [0, 0.05) is 29.7 Å². The first kappa shape index (κ1) is 33.6. The molecule has 0 saturated carbocycles. The van der Waals surface area contributed by atoms with E-state index in [4.69, 9.17) is 4.98 Å². The Labute approximate surface area is 336 Å². The van der Waals surface area contributed by atoms with Crippen LogP contribution in [0.5, 0.6) is 0 Å². The summed E-state index contributed by atoms with van der Waals surface area (Å²) in [6.07, 6.45) is 5.48. The summed E-state index contributed by atoms with van der Waals surface area (Å²) >= 11 is 0. The monoisotopic (exact) mass is 737 g/mol. The lowest BCUT2D eigenvalue weighted by Crippen LogP contribution is -1.93. The molecule has 0 amide bonds. The van der Waals surface area contributed by atoms with Crippen LogP contribution >= 0.6 is 0 Å². The summed E-state index contributed by atoms with van der Waals surface area (Å²) in [4.78, 5) is 13.8. The Morgan fingerprint density at radius 1 is 0.276 bits per heavy atom. The lowest BCUT2D eigenvalue weighted by Gasteiger charge is -2.19. The highest BCUT2D eigenvalue weighted by Crippen LogP contribution is 2.46. The van der Waals surface area contributed by atoms with E-state index in [2.05, 4.69) is 186 Å². The van der Waals surface area contributed by atoms with Crippen molar-refractivity contribution in [3.8, 4) is 67.2 Å². The highest BCUT2D eigenvalue weighted by molar-refractivity contribution is 6.22. The Bertz CT molecular complexity index is 3320. The lowest BCUT2D eigenvalue weighted by molar-refractivity contribution is 1.18. The zero-order valence-electron chi connectivity index (χ0n) is 31.5. The van der Waals surface area contributed by atoms with E-state index in [1.807, 2.05) is 36.8 Å². The molecule has 11 aromatic rings. The number of hydrogen-bond donors (Lipinski definition) is 0. The molecule has 11 rings (SSSR count). The van der Waals surface area contributed by atoms with Gasteiger partial charge in [-0.3, -0.25) is 4.98 Å². The van der Waals surface area contributed by atoms with Crippen LogP contribution in [0.2, 0.25) is 0 Å². The van der Waals surface area contributed by atoms with Gasteiger partial charge in [-0.1, -0.05) is 158 Å². The number of nitrogens with zero attached hydrogens (tertiary/aromatic N) is 3. The average molecular weight is 738 g/mol. The largest absolute Gasteiger partial charge is 0.265 e. The molecule has 270 valence electrons. The minimum absolute atomic E-state index is 0.700. The van der Waals surface area contributed by atoms with Gasteiger partial charge in [0.2, 0.25) is 0 Å². The first-order valence-electron chi connectivity index (χ1n) is 19.7. The van der Waals surface area contributed by atoms with Crippen LogP contribution in [0.4, 0.5) is 0 Å². The van der Waals surface area contributed by atoms with Gasteiger partial charge in [0.1, 0.15) is 0 Å². The number of aromatic nitrogens is 3. The molecule has 0 spiro atoms. The summed E-state index contributed by atoms with van der Waals surface area (Å²) in [5, 5.41) is 9.90. The van der Waals surface area contributed by atoms with E-state index < -0.39 is 0 Å². The molecule has 58 heavy (non-hydrogen) atoms. The van der Waals surface area contributed by atoms with Gasteiger partial charge in [-0.15, -0.1) is 0 Å². The molecule has 9 aromatic carbocycles. The van der Waals surface area contributed by atoms with E-state index in [0.29, 0.717) is 5.82 Å². The van der Waals surface area contributed by atoms with Crippen LogP contribution in [0.1, 0.15) is 0 Å². The molecule has 3 nitrogen and oxygen atoms in total. The minimum atomic E-state index is 0.700. The Hall–Kier alpha value is -7.75. The number of hydrogen-bond acceptors (Lipinski definition) is 3. The molecule has 0 N–H and O–H groups in total. The van der Waals surface area contributed by atoms with Crippen molar-refractivity contribution in [2.45, 2.75) is 0 Å². The summed E-state index contributed by atoms with van der Waals surface area (Å²) in [7, 11) is 0. The number of fused-ring (bicyclic) bond motifs is 4. The average Bonchev–Trinajstić information content (AvgIpc) is 3.30. The topological polar surface area (TPSA) is 38.7 Å². The van der Waals surface area contributed by atoms with Gasteiger partial charge in [-0.05, 0) is 124 Å². The fraction of sp³-hybridized carbons (Fsp3) is 0. The van der Waals surface area contributed by atoms with E-state index in [9.17, 15) is 0 Å². The standard InChI is InChI=1S/C55H35N3/c1-3-9-43-33-46(23-17-36(43)7-1)53-48-11-5-6-12-49(48)54(47-24-18-37-8-2-4-10-44(37)34-47)51-35-45(25-26-50(51)53)39-15-21-42(22-16-39)55-57-32-29-52(58-55)41-19-13-38(14-20-41)40-27-30-56-31-28-40/h1-35H. The van der Waals surface area contributed by atoms with E-state index >= 15 is 0 Å². The molecule has 0 atom stereocenters.